The first kappa shape index (κ1) is 19.7. The van der Waals surface area contributed by atoms with Crippen LogP contribution in [0.1, 0.15) is 73.4 Å². The van der Waals surface area contributed by atoms with Crippen LogP contribution in [0, 0.1) is 16.7 Å². The second-order valence-electron chi connectivity index (χ2n) is 9.35. The molecule has 3 aliphatic rings. The molecule has 154 valence electrons. The molecule has 0 radical (unpaired) electrons. The molecule has 5 rings (SSSR count). The van der Waals surface area contributed by atoms with Crippen LogP contribution in [0.3, 0.4) is 0 Å². The number of nitriles is 1. The maximum absolute atomic E-state index is 13.5. The summed E-state index contributed by atoms with van der Waals surface area (Å²) >= 11 is 3.19. The summed E-state index contributed by atoms with van der Waals surface area (Å²) < 4.78 is 0. The number of anilines is 1. The number of fused-ring (bicyclic) bond motifs is 1. The van der Waals surface area contributed by atoms with Gasteiger partial charge in [0, 0.05) is 34.9 Å². The Kier molecular flexibility index (Phi) is 4.72. The number of carbonyl (C=O) groups excluding carboxylic acids is 2. The summed E-state index contributed by atoms with van der Waals surface area (Å²) in [5.74, 6) is -0.0148. The van der Waals surface area contributed by atoms with Crippen LogP contribution in [0.4, 0.5) is 5.00 Å². The fraction of sp³-hybridized carbons (Fsp3) is 0.458. The van der Waals surface area contributed by atoms with Crippen LogP contribution < -0.4 is 4.90 Å². The minimum Gasteiger partial charge on any atom is -0.294 e. The smallest absolute Gasteiger partial charge is 0.232 e. The van der Waals surface area contributed by atoms with Gasteiger partial charge in [-0.2, -0.15) is 16.6 Å². The summed E-state index contributed by atoms with van der Waals surface area (Å²) in [7, 11) is 0. The zero-order valence-corrected chi connectivity index (χ0v) is 18.9. The largest absolute Gasteiger partial charge is 0.294 e. The van der Waals surface area contributed by atoms with Crippen molar-refractivity contribution in [2.75, 3.05) is 4.90 Å². The van der Waals surface area contributed by atoms with Crippen LogP contribution in [0.15, 0.2) is 28.1 Å². The summed E-state index contributed by atoms with van der Waals surface area (Å²) in [6, 6.07) is 4.43. The Bertz CT molecular complexity index is 1120. The average molecular weight is 437 g/mol. The third-order valence-electron chi connectivity index (χ3n) is 6.56. The van der Waals surface area contributed by atoms with Crippen LogP contribution in [-0.4, -0.2) is 11.7 Å². The van der Waals surface area contributed by atoms with Crippen molar-refractivity contribution in [3.63, 3.8) is 0 Å². The predicted octanol–water partition coefficient (Wildman–Crippen LogP) is 5.72. The van der Waals surface area contributed by atoms with E-state index < -0.39 is 0 Å². The van der Waals surface area contributed by atoms with Gasteiger partial charge in [0.25, 0.3) is 0 Å². The molecule has 3 heterocycles. The van der Waals surface area contributed by atoms with Gasteiger partial charge in [0.05, 0.1) is 5.56 Å². The lowest BCUT2D eigenvalue weighted by Gasteiger charge is -2.42. The number of thiophene rings is 2. The normalized spacial score (nSPS) is 23.2. The van der Waals surface area contributed by atoms with Gasteiger partial charge in [-0.25, -0.2) is 0 Å². The summed E-state index contributed by atoms with van der Waals surface area (Å²) in [6.07, 6.45) is 5.57. The number of rotatable bonds is 2. The molecule has 1 atom stereocenters. The summed E-state index contributed by atoms with van der Waals surface area (Å²) in [6.45, 7) is 4.19. The highest BCUT2D eigenvalue weighted by molar-refractivity contribution is 7.16. The number of carbonyl (C=O) groups is 2. The van der Waals surface area contributed by atoms with Crippen molar-refractivity contribution in [2.45, 2.75) is 64.7 Å². The Hall–Kier alpha value is -2.23. The third-order valence-corrected chi connectivity index (χ3v) is 8.53. The van der Waals surface area contributed by atoms with Gasteiger partial charge in [-0.1, -0.05) is 13.8 Å². The minimum absolute atomic E-state index is 0.00514. The van der Waals surface area contributed by atoms with Crippen molar-refractivity contribution in [1.29, 1.82) is 5.26 Å². The van der Waals surface area contributed by atoms with Crippen molar-refractivity contribution in [1.82, 2.24) is 0 Å². The first-order valence-electron chi connectivity index (χ1n) is 10.6. The summed E-state index contributed by atoms with van der Waals surface area (Å²) in [5, 5.41) is 14.8. The zero-order valence-electron chi connectivity index (χ0n) is 17.3. The van der Waals surface area contributed by atoms with Crippen LogP contribution in [-0.2, 0) is 22.4 Å². The molecule has 2 aromatic rings. The van der Waals surface area contributed by atoms with Crippen LogP contribution in [0.2, 0.25) is 0 Å². The number of amides is 1. The molecular formula is C24H24N2O2S2. The van der Waals surface area contributed by atoms with E-state index in [0.717, 1.165) is 53.1 Å². The maximum atomic E-state index is 13.5. The van der Waals surface area contributed by atoms with Gasteiger partial charge in [-0.15, -0.1) is 11.3 Å². The lowest BCUT2D eigenvalue weighted by molar-refractivity contribution is -0.120. The molecule has 0 saturated carbocycles. The molecule has 6 heteroatoms. The van der Waals surface area contributed by atoms with Crippen molar-refractivity contribution in [2.24, 2.45) is 5.41 Å². The van der Waals surface area contributed by atoms with Gasteiger partial charge in [-0.3, -0.25) is 14.5 Å². The van der Waals surface area contributed by atoms with E-state index in [1.54, 1.807) is 27.6 Å². The average Bonchev–Trinajstić information content (AvgIpc) is 3.33. The topological polar surface area (TPSA) is 61.2 Å². The van der Waals surface area contributed by atoms with Gasteiger partial charge in [0.1, 0.15) is 11.1 Å². The SMILES string of the molecule is CC1(C)CC(=O)C2=C(C1)N(c1sc3c(c1C#N)CCCC3)C(=O)C[C@@H]2c1ccsc1. The highest BCUT2D eigenvalue weighted by Gasteiger charge is 2.45. The Balaban J connectivity index is 1.71. The van der Waals surface area contributed by atoms with E-state index in [2.05, 4.69) is 25.3 Å². The summed E-state index contributed by atoms with van der Waals surface area (Å²) in [5.41, 5.74) is 4.26. The lowest BCUT2D eigenvalue weighted by atomic mass is 9.69. The molecule has 0 fully saturated rings. The van der Waals surface area contributed by atoms with Gasteiger partial charge in [0.15, 0.2) is 5.78 Å². The van der Waals surface area contributed by atoms with E-state index in [1.807, 2.05) is 11.4 Å². The molecule has 30 heavy (non-hydrogen) atoms. The molecule has 4 nitrogen and oxygen atoms in total. The molecule has 0 N–H and O–H groups in total. The molecule has 0 spiro atoms. The first-order chi connectivity index (χ1) is 14.4. The molecule has 1 amide bonds. The highest BCUT2D eigenvalue weighted by atomic mass is 32.1. The Morgan fingerprint density at radius 1 is 1.20 bits per heavy atom. The molecular weight excluding hydrogens is 412 g/mol. The standard InChI is InChI=1S/C24H24N2O2S2/c1-24(2)10-18-22(19(27)11-24)16(14-7-8-29-13-14)9-21(28)26(18)23-17(12-25)15-5-3-4-6-20(15)30-23/h7-8,13,16H,3-6,9-11H2,1-2H3/t16-/m1/s1. The Labute approximate surface area is 184 Å². The van der Waals surface area contributed by atoms with Crippen molar-refractivity contribution < 1.29 is 9.59 Å². The van der Waals surface area contributed by atoms with Gasteiger partial charge in [0.2, 0.25) is 5.91 Å². The zero-order chi connectivity index (χ0) is 21.0. The highest BCUT2D eigenvalue weighted by Crippen LogP contribution is 2.51. The van der Waals surface area contributed by atoms with E-state index in [4.69, 9.17) is 0 Å². The van der Waals surface area contributed by atoms with E-state index in [-0.39, 0.29) is 29.4 Å². The molecule has 0 saturated heterocycles. The molecule has 0 unspecified atom stereocenters. The van der Waals surface area contributed by atoms with Crippen LogP contribution in [0.25, 0.3) is 0 Å². The number of allylic oxidation sites excluding steroid dienone is 2. The number of hydrogen-bond donors (Lipinski definition) is 0. The van der Waals surface area contributed by atoms with Gasteiger partial charge in [-0.05, 0) is 65.5 Å². The van der Waals surface area contributed by atoms with Crippen molar-refractivity contribution >= 4 is 39.4 Å². The molecule has 2 aromatic heterocycles. The van der Waals surface area contributed by atoms with E-state index in [1.165, 1.54) is 4.88 Å². The van der Waals surface area contributed by atoms with Crippen LogP contribution in [0.5, 0.6) is 0 Å². The van der Waals surface area contributed by atoms with Gasteiger partial charge < -0.3 is 0 Å². The third kappa shape index (κ3) is 3.07. The second kappa shape index (κ2) is 7.18. The Morgan fingerprint density at radius 2 is 2.00 bits per heavy atom. The second-order valence-corrected chi connectivity index (χ2v) is 11.2. The van der Waals surface area contributed by atoms with Crippen molar-refractivity contribution in [3.05, 3.63) is 49.7 Å². The number of nitrogens with zero attached hydrogens (tertiary/aromatic N) is 2. The van der Waals surface area contributed by atoms with Gasteiger partial charge >= 0.3 is 0 Å². The lowest BCUT2D eigenvalue weighted by Crippen LogP contribution is -2.43. The summed E-state index contributed by atoms with van der Waals surface area (Å²) in [4.78, 5) is 29.9. The first-order valence-corrected chi connectivity index (χ1v) is 12.3. The number of hydrogen-bond acceptors (Lipinski definition) is 5. The molecule has 0 bridgehead atoms. The predicted molar refractivity (Wildman–Crippen MR) is 120 cm³/mol. The quantitative estimate of drug-likeness (QED) is 0.604. The van der Waals surface area contributed by atoms with Crippen molar-refractivity contribution in [3.8, 4) is 6.07 Å². The monoisotopic (exact) mass is 436 g/mol. The van der Waals surface area contributed by atoms with E-state index in [9.17, 15) is 14.9 Å². The minimum atomic E-state index is -0.200. The van der Waals surface area contributed by atoms with Crippen LogP contribution >= 0.6 is 22.7 Å². The molecule has 0 aromatic carbocycles. The van der Waals surface area contributed by atoms with E-state index in [0.29, 0.717) is 18.4 Å². The maximum Gasteiger partial charge on any atom is 0.232 e. The molecule has 1 aliphatic heterocycles. The fourth-order valence-corrected chi connectivity index (χ4v) is 7.33. The van der Waals surface area contributed by atoms with E-state index >= 15 is 0 Å². The molecule has 2 aliphatic carbocycles. The number of aryl methyl sites for hydroxylation is 1. The number of Topliss-reactive ketones (excluding diaryl/α,β-unsaturated/α-hetero) is 1. The number of ketones is 1. The fourth-order valence-electron chi connectivity index (χ4n) is 5.23. The Morgan fingerprint density at radius 3 is 2.73 bits per heavy atom.